The Balaban J connectivity index is 2.19. The molecule has 1 aliphatic carbocycles. The SMILES string of the molecule is CN(C(=O)c1ccccc1OC(F)F)C1CCCCC1Cl. The molecule has 0 aromatic heterocycles. The van der Waals surface area contributed by atoms with Crippen LogP contribution in [0.3, 0.4) is 0 Å². The van der Waals surface area contributed by atoms with Gasteiger partial charge < -0.3 is 9.64 Å². The Morgan fingerprint density at radius 1 is 1.33 bits per heavy atom. The zero-order valence-corrected chi connectivity index (χ0v) is 12.5. The Hall–Kier alpha value is -1.36. The van der Waals surface area contributed by atoms with Crippen LogP contribution >= 0.6 is 11.6 Å². The van der Waals surface area contributed by atoms with Gasteiger partial charge in [-0.05, 0) is 25.0 Å². The van der Waals surface area contributed by atoms with E-state index in [-0.39, 0.29) is 28.6 Å². The summed E-state index contributed by atoms with van der Waals surface area (Å²) in [5, 5.41) is -0.101. The largest absolute Gasteiger partial charge is 0.434 e. The number of hydrogen-bond acceptors (Lipinski definition) is 2. The number of benzene rings is 1. The summed E-state index contributed by atoms with van der Waals surface area (Å²) in [5.41, 5.74) is 0.134. The summed E-state index contributed by atoms with van der Waals surface area (Å²) >= 11 is 6.29. The zero-order chi connectivity index (χ0) is 15.4. The number of para-hydroxylation sites is 1. The molecule has 1 aromatic rings. The standard InChI is InChI=1S/C15H18ClF2NO2/c1-19(12-8-4-3-7-11(12)16)14(20)10-6-2-5-9-13(10)21-15(17)18/h2,5-6,9,11-12,15H,3-4,7-8H2,1H3. The van der Waals surface area contributed by atoms with Crippen LogP contribution in [0.5, 0.6) is 5.75 Å². The average molecular weight is 318 g/mol. The summed E-state index contributed by atoms with van der Waals surface area (Å²) in [7, 11) is 1.66. The van der Waals surface area contributed by atoms with E-state index in [1.165, 1.54) is 12.1 Å². The van der Waals surface area contributed by atoms with Gasteiger partial charge in [0.05, 0.1) is 10.9 Å². The van der Waals surface area contributed by atoms with Gasteiger partial charge in [0.15, 0.2) is 0 Å². The van der Waals surface area contributed by atoms with Crippen molar-refractivity contribution in [3.05, 3.63) is 29.8 Å². The van der Waals surface area contributed by atoms with E-state index in [0.717, 1.165) is 25.7 Å². The van der Waals surface area contributed by atoms with Crippen LogP contribution in [-0.2, 0) is 0 Å². The van der Waals surface area contributed by atoms with Gasteiger partial charge in [-0.3, -0.25) is 4.79 Å². The van der Waals surface area contributed by atoms with Gasteiger partial charge in [-0.25, -0.2) is 0 Å². The van der Waals surface area contributed by atoms with E-state index in [0.29, 0.717) is 0 Å². The second-order valence-corrected chi connectivity index (χ2v) is 5.72. The number of nitrogens with zero attached hydrogens (tertiary/aromatic N) is 1. The molecule has 0 aliphatic heterocycles. The van der Waals surface area contributed by atoms with Gasteiger partial charge in [-0.2, -0.15) is 8.78 Å². The van der Waals surface area contributed by atoms with Crippen LogP contribution in [0, 0.1) is 0 Å². The summed E-state index contributed by atoms with van der Waals surface area (Å²) < 4.78 is 29.2. The molecule has 21 heavy (non-hydrogen) atoms. The van der Waals surface area contributed by atoms with E-state index in [1.54, 1.807) is 24.1 Å². The number of ether oxygens (including phenoxy) is 1. The van der Waals surface area contributed by atoms with Gasteiger partial charge in [0.25, 0.3) is 5.91 Å². The third-order valence-corrected chi connectivity index (χ3v) is 4.31. The minimum atomic E-state index is -2.96. The van der Waals surface area contributed by atoms with Crippen molar-refractivity contribution >= 4 is 17.5 Å². The molecule has 0 bridgehead atoms. The van der Waals surface area contributed by atoms with Crippen LogP contribution in [0.4, 0.5) is 8.78 Å². The van der Waals surface area contributed by atoms with Crippen LogP contribution in [0.2, 0.25) is 0 Å². The number of carbonyl (C=O) groups excluding carboxylic acids is 1. The minimum absolute atomic E-state index is 0.0764. The van der Waals surface area contributed by atoms with Crippen molar-refractivity contribution in [1.82, 2.24) is 4.90 Å². The first-order chi connectivity index (χ1) is 10.0. The molecule has 1 amide bonds. The highest BCUT2D eigenvalue weighted by molar-refractivity contribution is 6.21. The fraction of sp³-hybridized carbons (Fsp3) is 0.533. The molecular formula is C15H18ClF2NO2. The normalized spacial score (nSPS) is 22.1. The second-order valence-electron chi connectivity index (χ2n) is 5.16. The molecule has 2 unspecified atom stereocenters. The number of amides is 1. The number of alkyl halides is 3. The van der Waals surface area contributed by atoms with Crippen LogP contribution in [0.1, 0.15) is 36.0 Å². The van der Waals surface area contributed by atoms with Crippen molar-refractivity contribution in [3.8, 4) is 5.75 Å². The van der Waals surface area contributed by atoms with Crippen molar-refractivity contribution in [3.63, 3.8) is 0 Å². The van der Waals surface area contributed by atoms with Gasteiger partial charge in [-0.15, -0.1) is 11.6 Å². The number of rotatable bonds is 4. The topological polar surface area (TPSA) is 29.5 Å². The molecule has 6 heteroatoms. The van der Waals surface area contributed by atoms with E-state index < -0.39 is 6.61 Å². The lowest BCUT2D eigenvalue weighted by Crippen LogP contribution is -2.44. The third kappa shape index (κ3) is 3.84. The van der Waals surface area contributed by atoms with Crippen molar-refractivity contribution in [2.75, 3.05) is 7.05 Å². The molecule has 1 fully saturated rings. The lowest BCUT2D eigenvalue weighted by molar-refractivity contribution is -0.0503. The summed E-state index contributed by atoms with van der Waals surface area (Å²) in [5.74, 6) is -0.449. The van der Waals surface area contributed by atoms with Crippen molar-refractivity contribution in [2.45, 2.75) is 43.7 Å². The van der Waals surface area contributed by atoms with Gasteiger partial charge in [0.2, 0.25) is 0 Å². The quantitative estimate of drug-likeness (QED) is 0.788. The van der Waals surface area contributed by atoms with E-state index in [2.05, 4.69) is 4.74 Å². The number of carbonyl (C=O) groups is 1. The van der Waals surface area contributed by atoms with Crippen molar-refractivity contribution < 1.29 is 18.3 Å². The molecule has 0 spiro atoms. The predicted octanol–water partition coefficient (Wildman–Crippen LogP) is 3.91. The molecule has 0 N–H and O–H groups in total. The zero-order valence-electron chi connectivity index (χ0n) is 11.8. The lowest BCUT2D eigenvalue weighted by atomic mass is 9.93. The van der Waals surface area contributed by atoms with Gasteiger partial charge in [-0.1, -0.05) is 25.0 Å². The van der Waals surface area contributed by atoms with Crippen LogP contribution in [0.15, 0.2) is 24.3 Å². The fourth-order valence-corrected chi connectivity index (χ4v) is 3.13. The molecule has 0 heterocycles. The maximum absolute atomic E-state index is 12.5. The second kappa shape index (κ2) is 7.07. The Labute approximate surface area is 127 Å². The molecule has 1 aliphatic rings. The Morgan fingerprint density at radius 3 is 2.67 bits per heavy atom. The van der Waals surface area contributed by atoms with E-state index in [1.807, 2.05) is 0 Å². The monoisotopic (exact) mass is 317 g/mol. The molecule has 2 atom stereocenters. The van der Waals surface area contributed by atoms with Gasteiger partial charge in [0.1, 0.15) is 5.75 Å². The first-order valence-electron chi connectivity index (χ1n) is 6.95. The Bertz CT molecular complexity index is 498. The minimum Gasteiger partial charge on any atom is -0.434 e. The summed E-state index contributed by atoms with van der Waals surface area (Å²) in [6.07, 6.45) is 3.76. The van der Waals surface area contributed by atoms with Crippen molar-refractivity contribution in [1.29, 1.82) is 0 Å². The maximum atomic E-state index is 12.5. The average Bonchev–Trinajstić information content (AvgIpc) is 2.46. The van der Waals surface area contributed by atoms with Crippen molar-refractivity contribution in [2.24, 2.45) is 0 Å². The summed E-state index contributed by atoms with van der Waals surface area (Å²) in [6, 6.07) is 5.96. The number of hydrogen-bond donors (Lipinski definition) is 0. The Kier molecular flexibility index (Phi) is 5.39. The highest BCUT2D eigenvalue weighted by Gasteiger charge is 2.31. The molecule has 3 nitrogen and oxygen atoms in total. The van der Waals surface area contributed by atoms with Gasteiger partial charge in [0, 0.05) is 13.1 Å². The first kappa shape index (κ1) is 16.0. The van der Waals surface area contributed by atoms with Crippen LogP contribution in [0.25, 0.3) is 0 Å². The van der Waals surface area contributed by atoms with E-state index in [4.69, 9.17) is 11.6 Å². The smallest absolute Gasteiger partial charge is 0.387 e. The highest BCUT2D eigenvalue weighted by Crippen LogP contribution is 2.29. The summed E-state index contributed by atoms with van der Waals surface area (Å²) in [4.78, 5) is 14.1. The number of halogens is 3. The molecular weight excluding hydrogens is 300 g/mol. The molecule has 2 rings (SSSR count). The highest BCUT2D eigenvalue weighted by atomic mass is 35.5. The molecule has 0 radical (unpaired) electrons. The van der Waals surface area contributed by atoms with E-state index in [9.17, 15) is 13.6 Å². The Morgan fingerprint density at radius 2 is 2.00 bits per heavy atom. The van der Waals surface area contributed by atoms with Crippen LogP contribution < -0.4 is 4.74 Å². The van der Waals surface area contributed by atoms with Crippen LogP contribution in [-0.4, -0.2) is 35.9 Å². The molecule has 1 saturated carbocycles. The molecule has 116 valence electrons. The molecule has 1 aromatic carbocycles. The maximum Gasteiger partial charge on any atom is 0.387 e. The van der Waals surface area contributed by atoms with E-state index >= 15 is 0 Å². The lowest BCUT2D eigenvalue weighted by Gasteiger charge is -2.35. The predicted molar refractivity (Wildman–Crippen MR) is 77.1 cm³/mol. The summed E-state index contributed by atoms with van der Waals surface area (Å²) in [6.45, 7) is -2.96. The third-order valence-electron chi connectivity index (χ3n) is 3.80. The van der Waals surface area contributed by atoms with Gasteiger partial charge >= 0.3 is 6.61 Å². The molecule has 0 saturated heterocycles. The first-order valence-corrected chi connectivity index (χ1v) is 7.39. The fourth-order valence-electron chi connectivity index (χ4n) is 2.69.